The number of rotatable bonds is 5. The lowest BCUT2D eigenvalue weighted by atomic mass is 10.1. The summed E-state index contributed by atoms with van der Waals surface area (Å²) in [5.41, 5.74) is 4.54. The van der Waals surface area contributed by atoms with Gasteiger partial charge in [0.1, 0.15) is 12.4 Å². The lowest BCUT2D eigenvalue weighted by Crippen LogP contribution is -2.02. The molecule has 0 saturated carbocycles. The monoisotopic (exact) mass is 377 g/mol. The van der Waals surface area contributed by atoms with E-state index in [-0.39, 0.29) is 10.9 Å². The Morgan fingerprint density at radius 1 is 1.15 bits per heavy atom. The molecule has 2 N–H and O–H groups in total. The van der Waals surface area contributed by atoms with Crippen molar-refractivity contribution < 1.29 is 4.74 Å². The zero-order valence-corrected chi connectivity index (χ0v) is 15.7. The number of nitrogens with one attached hydrogen (secondary N) is 2. The number of H-pyrrole nitrogens is 2. The van der Waals surface area contributed by atoms with E-state index >= 15 is 0 Å². The first kappa shape index (κ1) is 17.4. The van der Waals surface area contributed by atoms with Crippen LogP contribution in [0.3, 0.4) is 0 Å². The number of imidazole rings is 1. The van der Waals surface area contributed by atoms with Gasteiger partial charge < -0.3 is 14.7 Å². The van der Waals surface area contributed by atoms with Gasteiger partial charge in [0.05, 0.1) is 16.5 Å². The molecule has 0 aliphatic rings. The van der Waals surface area contributed by atoms with Gasteiger partial charge in [0.25, 0.3) is 0 Å². The molecular weight excluding hydrogens is 358 g/mol. The maximum Gasteiger partial charge on any atom is 0.323 e. The molecule has 2 heterocycles. The number of benzene rings is 2. The summed E-state index contributed by atoms with van der Waals surface area (Å²) in [5.74, 6) is 0.778. The molecule has 0 radical (unpaired) electrons. The molecule has 0 bridgehead atoms. The summed E-state index contributed by atoms with van der Waals surface area (Å²) in [5, 5.41) is 0.899. The molecule has 2 aromatic carbocycles. The van der Waals surface area contributed by atoms with Crippen molar-refractivity contribution in [3.05, 3.63) is 93.8 Å². The highest BCUT2D eigenvalue weighted by Gasteiger charge is 2.11. The fourth-order valence-corrected chi connectivity index (χ4v) is 3.41. The molecular formula is C21H19N3O2S. The van der Waals surface area contributed by atoms with Crippen LogP contribution in [0, 0.1) is 6.92 Å². The predicted octanol–water partition coefficient (Wildman–Crippen LogP) is 4.16. The largest absolute Gasteiger partial charge is 0.489 e. The summed E-state index contributed by atoms with van der Waals surface area (Å²) in [6.45, 7) is 2.46. The topological polar surface area (TPSA) is 70.8 Å². The van der Waals surface area contributed by atoms with Gasteiger partial charge in [-0.15, -0.1) is 0 Å². The summed E-state index contributed by atoms with van der Waals surface area (Å²) in [4.78, 5) is 21.1. The first-order valence-electron chi connectivity index (χ1n) is 8.64. The standard InChI is InChI=1S/C21H19N3O2S/c1-13-10-15(17-4-2-3-5-18(17)23-13)12-26-16-8-6-14(7-9-16)20(27)19-11-22-21(25)24-19/h2-11,20,27H,12H2,1H3,(H2,22,24,25). The van der Waals surface area contributed by atoms with Gasteiger partial charge in [-0.1, -0.05) is 30.3 Å². The van der Waals surface area contributed by atoms with E-state index in [9.17, 15) is 4.79 Å². The molecule has 4 aromatic rings. The van der Waals surface area contributed by atoms with E-state index in [0.29, 0.717) is 6.61 Å². The van der Waals surface area contributed by atoms with Crippen molar-refractivity contribution in [1.29, 1.82) is 0 Å². The smallest absolute Gasteiger partial charge is 0.323 e. The number of aromatic amines is 2. The average molecular weight is 377 g/mol. The predicted molar refractivity (Wildman–Crippen MR) is 109 cm³/mol. The highest BCUT2D eigenvalue weighted by molar-refractivity contribution is 7.80. The Morgan fingerprint density at radius 2 is 1.93 bits per heavy atom. The van der Waals surface area contributed by atoms with Crippen LogP contribution in [0.1, 0.15) is 27.8 Å². The Labute approximate surface area is 161 Å². The number of para-hydroxylation sites is 1. The summed E-state index contributed by atoms with van der Waals surface area (Å²) in [6, 6.07) is 17.9. The van der Waals surface area contributed by atoms with E-state index in [0.717, 1.165) is 39.2 Å². The van der Waals surface area contributed by atoms with Crippen molar-refractivity contribution in [2.45, 2.75) is 18.8 Å². The third kappa shape index (κ3) is 3.75. The molecule has 0 saturated heterocycles. The third-order valence-electron chi connectivity index (χ3n) is 4.43. The van der Waals surface area contributed by atoms with Gasteiger partial charge >= 0.3 is 5.69 Å². The van der Waals surface area contributed by atoms with E-state index in [4.69, 9.17) is 4.74 Å². The van der Waals surface area contributed by atoms with Crippen LogP contribution in [0.4, 0.5) is 0 Å². The van der Waals surface area contributed by atoms with Crippen molar-refractivity contribution >= 4 is 23.5 Å². The van der Waals surface area contributed by atoms with Gasteiger partial charge in [0, 0.05) is 22.8 Å². The van der Waals surface area contributed by atoms with Gasteiger partial charge in [0.2, 0.25) is 0 Å². The normalized spacial score (nSPS) is 12.2. The maximum absolute atomic E-state index is 11.2. The highest BCUT2D eigenvalue weighted by atomic mass is 32.1. The number of ether oxygens (including phenoxy) is 1. The van der Waals surface area contributed by atoms with Crippen LogP contribution < -0.4 is 10.4 Å². The van der Waals surface area contributed by atoms with Crippen molar-refractivity contribution in [3.63, 3.8) is 0 Å². The number of pyridine rings is 1. The van der Waals surface area contributed by atoms with E-state index in [1.54, 1.807) is 6.20 Å². The molecule has 4 rings (SSSR count). The molecule has 1 unspecified atom stereocenters. The Bertz CT molecular complexity index is 1130. The molecule has 27 heavy (non-hydrogen) atoms. The lowest BCUT2D eigenvalue weighted by Gasteiger charge is -2.12. The van der Waals surface area contributed by atoms with Crippen LogP contribution in [0.25, 0.3) is 10.9 Å². The Morgan fingerprint density at radius 3 is 2.67 bits per heavy atom. The first-order chi connectivity index (χ1) is 13.1. The molecule has 0 aliphatic heterocycles. The zero-order valence-electron chi connectivity index (χ0n) is 14.8. The summed E-state index contributed by atoms with van der Waals surface area (Å²) < 4.78 is 5.98. The van der Waals surface area contributed by atoms with Crippen LogP contribution in [-0.4, -0.2) is 15.0 Å². The van der Waals surface area contributed by atoms with Gasteiger partial charge in [-0.2, -0.15) is 12.6 Å². The SMILES string of the molecule is Cc1cc(COc2ccc(C(S)c3c[nH]c(=O)[nH]3)cc2)c2ccccc2n1. The van der Waals surface area contributed by atoms with Crippen LogP contribution in [0.15, 0.2) is 65.6 Å². The fourth-order valence-electron chi connectivity index (χ4n) is 3.10. The molecule has 0 aliphatic carbocycles. The van der Waals surface area contributed by atoms with Gasteiger partial charge in [-0.05, 0) is 36.8 Å². The van der Waals surface area contributed by atoms with Gasteiger partial charge in [-0.3, -0.25) is 4.98 Å². The summed E-state index contributed by atoms with van der Waals surface area (Å²) >= 11 is 4.58. The zero-order chi connectivity index (χ0) is 18.8. The van der Waals surface area contributed by atoms with Crippen molar-refractivity contribution in [3.8, 4) is 5.75 Å². The minimum atomic E-state index is -0.233. The molecule has 5 nitrogen and oxygen atoms in total. The van der Waals surface area contributed by atoms with E-state index < -0.39 is 0 Å². The number of thiol groups is 1. The average Bonchev–Trinajstić information content (AvgIpc) is 3.12. The van der Waals surface area contributed by atoms with Crippen molar-refractivity contribution in [2.24, 2.45) is 0 Å². The van der Waals surface area contributed by atoms with E-state index in [1.807, 2.05) is 49.4 Å². The van der Waals surface area contributed by atoms with Gasteiger partial charge in [0.15, 0.2) is 0 Å². The fraction of sp³-hybridized carbons (Fsp3) is 0.143. The molecule has 136 valence electrons. The molecule has 2 aromatic heterocycles. The lowest BCUT2D eigenvalue weighted by molar-refractivity contribution is 0.307. The second-order valence-corrected chi connectivity index (χ2v) is 6.91. The Kier molecular flexibility index (Phi) is 4.73. The number of aromatic nitrogens is 3. The molecule has 0 spiro atoms. The Hall–Kier alpha value is -2.99. The molecule has 1 atom stereocenters. The maximum atomic E-state index is 11.2. The van der Waals surface area contributed by atoms with Gasteiger partial charge in [-0.25, -0.2) is 4.79 Å². The number of fused-ring (bicyclic) bond motifs is 1. The summed E-state index contributed by atoms with van der Waals surface area (Å²) in [7, 11) is 0. The van der Waals surface area contributed by atoms with E-state index in [2.05, 4.69) is 39.7 Å². The number of nitrogens with zero attached hydrogens (tertiary/aromatic N) is 1. The molecule has 0 fully saturated rings. The Balaban J connectivity index is 1.50. The second-order valence-electron chi connectivity index (χ2n) is 6.40. The van der Waals surface area contributed by atoms with E-state index in [1.165, 1.54) is 0 Å². The first-order valence-corrected chi connectivity index (χ1v) is 9.15. The molecule has 0 amide bonds. The van der Waals surface area contributed by atoms with Crippen molar-refractivity contribution in [2.75, 3.05) is 0 Å². The number of hydrogen-bond donors (Lipinski definition) is 3. The quantitative estimate of drug-likeness (QED) is 0.458. The van der Waals surface area contributed by atoms with Crippen LogP contribution in [0.2, 0.25) is 0 Å². The van der Waals surface area contributed by atoms with Crippen LogP contribution in [0.5, 0.6) is 5.75 Å². The minimum Gasteiger partial charge on any atom is -0.489 e. The molecule has 6 heteroatoms. The van der Waals surface area contributed by atoms with Crippen molar-refractivity contribution in [1.82, 2.24) is 15.0 Å². The van der Waals surface area contributed by atoms with Crippen LogP contribution in [-0.2, 0) is 6.61 Å². The van der Waals surface area contributed by atoms with Crippen LogP contribution >= 0.6 is 12.6 Å². The minimum absolute atomic E-state index is 0.204. The third-order valence-corrected chi connectivity index (χ3v) is 5.01. The highest BCUT2D eigenvalue weighted by Crippen LogP contribution is 2.28. The second kappa shape index (κ2) is 7.32. The number of aryl methyl sites for hydroxylation is 1. The summed E-state index contributed by atoms with van der Waals surface area (Å²) in [6.07, 6.45) is 1.64. The number of hydrogen-bond acceptors (Lipinski definition) is 4.